The van der Waals surface area contributed by atoms with Gasteiger partial charge in [-0.05, 0) is 30.7 Å². The van der Waals surface area contributed by atoms with E-state index in [4.69, 9.17) is 0 Å². The van der Waals surface area contributed by atoms with Crippen LogP contribution in [0, 0.1) is 18.7 Å². The Morgan fingerprint density at radius 3 is 2.67 bits per heavy atom. The van der Waals surface area contributed by atoms with Crippen LogP contribution in [0.4, 0.5) is 14.5 Å². The van der Waals surface area contributed by atoms with Gasteiger partial charge < -0.3 is 5.32 Å². The molecule has 0 saturated carbocycles. The van der Waals surface area contributed by atoms with Gasteiger partial charge in [-0.1, -0.05) is 6.07 Å². The number of nitrogens with one attached hydrogen (secondary N) is 1. The molecule has 0 spiro atoms. The van der Waals surface area contributed by atoms with Crippen molar-refractivity contribution < 1.29 is 13.6 Å². The van der Waals surface area contributed by atoms with Crippen LogP contribution in [0.5, 0.6) is 0 Å². The molecule has 1 amide bonds. The number of anilines is 1. The largest absolute Gasteiger partial charge is 0.322 e. The molecule has 0 unspecified atom stereocenters. The quantitative estimate of drug-likeness (QED) is 0.830. The first-order valence-electron chi connectivity index (χ1n) is 5.25. The summed E-state index contributed by atoms with van der Waals surface area (Å²) in [6, 6.07) is 6.74. The zero-order chi connectivity index (χ0) is 13.1. The maximum absolute atomic E-state index is 13.3. The van der Waals surface area contributed by atoms with Crippen LogP contribution in [-0.4, -0.2) is 10.9 Å². The zero-order valence-electron chi connectivity index (χ0n) is 9.58. The molecule has 0 radical (unpaired) electrons. The fourth-order valence-electron chi connectivity index (χ4n) is 1.42. The van der Waals surface area contributed by atoms with Crippen molar-refractivity contribution in [2.45, 2.75) is 6.92 Å². The van der Waals surface area contributed by atoms with E-state index in [2.05, 4.69) is 10.3 Å². The van der Waals surface area contributed by atoms with Crippen molar-refractivity contribution in [2.24, 2.45) is 0 Å². The molecule has 1 aromatic carbocycles. The molecule has 0 atom stereocenters. The third kappa shape index (κ3) is 2.68. The second-order valence-electron chi connectivity index (χ2n) is 3.79. The van der Waals surface area contributed by atoms with E-state index in [1.807, 2.05) is 0 Å². The average Bonchev–Trinajstić information content (AvgIpc) is 2.34. The Morgan fingerprint density at radius 1 is 1.22 bits per heavy atom. The van der Waals surface area contributed by atoms with Gasteiger partial charge in [0.15, 0.2) is 0 Å². The summed E-state index contributed by atoms with van der Waals surface area (Å²) >= 11 is 0. The van der Waals surface area contributed by atoms with Gasteiger partial charge in [0.1, 0.15) is 5.82 Å². The van der Waals surface area contributed by atoms with Gasteiger partial charge in [-0.25, -0.2) is 9.37 Å². The van der Waals surface area contributed by atoms with Crippen molar-refractivity contribution >= 4 is 11.6 Å². The Bertz CT molecular complexity index is 599. The third-order valence-corrected chi connectivity index (χ3v) is 2.42. The fraction of sp³-hybridized carbons (Fsp3) is 0.0769. The second kappa shape index (κ2) is 4.91. The Balaban J connectivity index is 2.18. The minimum absolute atomic E-state index is 0.128. The van der Waals surface area contributed by atoms with E-state index in [-0.39, 0.29) is 5.56 Å². The molecule has 0 aliphatic heterocycles. The Labute approximate surface area is 102 Å². The molecule has 0 saturated heterocycles. The smallest absolute Gasteiger partial charge is 0.255 e. The zero-order valence-corrected chi connectivity index (χ0v) is 9.58. The Kier molecular flexibility index (Phi) is 3.32. The van der Waals surface area contributed by atoms with Crippen molar-refractivity contribution in [3.8, 4) is 0 Å². The molecule has 0 fully saturated rings. The van der Waals surface area contributed by atoms with Crippen LogP contribution in [-0.2, 0) is 0 Å². The summed E-state index contributed by atoms with van der Waals surface area (Å²) in [5.41, 5.74) is 0.937. The van der Waals surface area contributed by atoms with Gasteiger partial charge in [0.25, 0.3) is 5.91 Å². The maximum Gasteiger partial charge on any atom is 0.255 e. The number of hydrogen-bond donors (Lipinski definition) is 1. The molecule has 1 N–H and O–H groups in total. The highest BCUT2D eigenvalue weighted by atomic mass is 19.1. The summed E-state index contributed by atoms with van der Waals surface area (Å²) in [5.74, 6) is -1.66. The van der Waals surface area contributed by atoms with Gasteiger partial charge in [-0.2, -0.15) is 4.39 Å². The molecule has 5 heteroatoms. The molecule has 1 aromatic heterocycles. The minimum atomic E-state index is -0.738. The summed E-state index contributed by atoms with van der Waals surface area (Å²) in [7, 11) is 0. The highest BCUT2D eigenvalue weighted by Gasteiger charge is 2.08. The van der Waals surface area contributed by atoms with Crippen molar-refractivity contribution in [1.29, 1.82) is 0 Å². The molecule has 1 heterocycles. The minimum Gasteiger partial charge on any atom is -0.322 e. The monoisotopic (exact) mass is 248 g/mol. The number of rotatable bonds is 2. The molecule has 0 bridgehead atoms. The predicted molar refractivity (Wildman–Crippen MR) is 63.3 cm³/mol. The van der Waals surface area contributed by atoms with Gasteiger partial charge >= 0.3 is 0 Å². The number of carbonyl (C=O) groups excluding carboxylic acids is 1. The third-order valence-electron chi connectivity index (χ3n) is 2.42. The lowest BCUT2D eigenvalue weighted by molar-refractivity contribution is 0.102. The summed E-state index contributed by atoms with van der Waals surface area (Å²) in [6.45, 7) is 1.62. The van der Waals surface area contributed by atoms with Crippen molar-refractivity contribution in [2.75, 3.05) is 5.32 Å². The van der Waals surface area contributed by atoms with Crippen LogP contribution < -0.4 is 5.32 Å². The first-order chi connectivity index (χ1) is 8.56. The lowest BCUT2D eigenvalue weighted by Crippen LogP contribution is -2.12. The van der Waals surface area contributed by atoms with Crippen molar-refractivity contribution in [3.05, 3.63) is 59.4 Å². The van der Waals surface area contributed by atoms with Crippen LogP contribution in [0.3, 0.4) is 0 Å². The Hall–Kier alpha value is -2.30. The number of aryl methyl sites for hydroxylation is 1. The normalized spacial score (nSPS) is 10.2. The number of aromatic nitrogens is 1. The highest BCUT2D eigenvalue weighted by Crippen LogP contribution is 2.14. The van der Waals surface area contributed by atoms with Gasteiger partial charge in [-0.15, -0.1) is 0 Å². The lowest BCUT2D eigenvalue weighted by Gasteiger charge is -2.06. The number of nitrogens with zero attached hydrogens (tertiary/aromatic N) is 1. The summed E-state index contributed by atoms with van der Waals surface area (Å²) in [6.07, 6.45) is 1.19. The fourth-order valence-corrected chi connectivity index (χ4v) is 1.42. The predicted octanol–water partition coefficient (Wildman–Crippen LogP) is 2.92. The standard InChI is InChI=1S/C13H10F2N2O/c1-8-2-3-10(7-11(8)14)17-13(18)9-4-5-16-12(15)6-9/h2-7H,1H3,(H,17,18). The van der Waals surface area contributed by atoms with Gasteiger partial charge in [0.05, 0.1) is 0 Å². The van der Waals surface area contributed by atoms with E-state index < -0.39 is 17.7 Å². The molecular weight excluding hydrogens is 238 g/mol. The van der Waals surface area contributed by atoms with E-state index in [1.165, 1.54) is 18.3 Å². The molecule has 0 aliphatic carbocycles. The molecule has 0 aliphatic rings. The van der Waals surface area contributed by atoms with E-state index >= 15 is 0 Å². The summed E-state index contributed by atoms with van der Waals surface area (Å²) in [4.78, 5) is 15.1. The molecular formula is C13H10F2N2O. The number of carbonyl (C=O) groups is 1. The van der Waals surface area contributed by atoms with Gasteiger partial charge in [-0.3, -0.25) is 4.79 Å². The van der Waals surface area contributed by atoms with Crippen molar-refractivity contribution in [3.63, 3.8) is 0 Å². The first-order valence-corrected chi connectivity index (χ1v) is 5.25. The maximum atomic E-state index is 13.3. The van der Waals surface area contributed by atoms with Crippen LogP contribution in [0.15, 0.2) is 36.5 Å². The number of pyridine rings is 1. The highest BCUT2D eigenvalue weighted by molar-refractivity contribution is 6.04. The Morgan fingerprint density at radius 2 is 2.00 bits per heavy atom. The van der Waals surface area contributed by atoms with Gasteiger partial charge in [0.2, 0.25) is 5.95 Å². The van der Waals surface area contributed by atoms with Crippen LogP contribution in [0.1, 0.15) is 15.9 Å². The van der Waals surface area contributed by atoms with Crippen LogP contribution in [0.25, 0.3) is 0 Å². The molecule has 92 valence electrons. The van der Waals surface area contributed by atoms with E-state index in [9.17, 15) is 13.6 Å². The number of amides is 1. The molecule has 3 nitrogen and oxygen atoms in total. The molecule has 18 heavy (non-hydrogen) atoms. The van der Waals surface area contributed by atoms with E-state index in [0.717, 1.165) is 6.07 Å². The topological polar surface area (TPSA) is 42.0 Å². The van der Waals surface area contributed by atoms with E-state index in [0.29, 0.717) is 11.3 Å². The number of halogens is 2. The summed E-state index contributed by atoms with van der Waals surface area (Å²) in [5, 5.41) is 2.48. The summed E-state index contributed by atoms with van der Waals surface area (Å²) < 4.78 is 26.1. The van der Waals surface area contributed by atoms with Crippen molar-refractivity contribution in [1.82, 2.24) is 4.98 Å². The second-order valence-corrected chi connectivity index (χ2v) is 3.79. The lowest BCUT2D eigenvalue weighted by atomic mass is 10.2. The molecule has 2 aromatic rings. The SMILES string of the molecule is Cc1ccc(NC(=O)c2ccnc(F)c2)cc1F. The number of benzene rings is 1. The van der Waals surface area contributed by atoms with Crippen LogP contribution in [0.2, 0.25) is 0 Å². The van der Waals surface area contributed by atoms with Gasteiger partial charge in [0, 0.05) is 23.5 Å². The first kappa shape index (κ1) is 12.2. The molecule has 2 rings (SSSR count). The van der Waals surface area contributed by atoms with E-state index in [1.54, 1.807) is 19.1 Å². The van der Waals surface area contributed by atoms with Crippen LogP contribution >= 0.6 is 0 Å². The average molecular weight is 248 g/mol. The number of hydrogen-bond acceptors (Lipinski definition) is 2.